The number of aliphatic imine (C=N–C) groups is 1. The second-order valence-electron chi connectivity index (χ2n) is 6.42. The number of ether oxygens (including phenoxy) is 2. The van der Waals surface area contributed by atoms with Crippen molar-refractivity contribution in [3.8, 4) is 0 Å². The molecule has 2 rings (SSSR count). The fourth-order valence-electron chi connectivity index (χ4n) is 3.08. The first-order chi connectivity index (χ1) is 13.2. The molecular weight excluding hydrogens is 364 g/mol. The first-order valence-corrected chi connectivity index (χ1v) is 10.3. The second-order valence-corrected chi connectivity index (χ2v) is 6.85. The minimum Gasteiger partial charge on any atom is -0.382 e. The van der Waals surface area contributed by atoms with Gasteiger partial charge in [0.15, 0.2) is 5.96 Å². The molecule has 1 aliphatic rings. The molecule has 0 saturated carbocycles. The van der Waals surface area contributed by atoms with Crippen LogP contribution in [0.4, 0.5) is 0 Å². The first kappa shape index (κ1) is 22.0. The first-order valence-electron chi connectivity index (χ1n) is 9.91. The molecule has 0 bridgehead atoms. The molecular formula is C20H33ClN4O2. The average Bonchev–Trinajstić information content (AvgIpc) is 2.69. The molecule has 1 atom stereocenters. The molecule has 7 heteroatoms. The summed E-state index contributed by atoms with van der Waals surface area (Å²) in [6.45, 7) is 11.3. The summed E-state index contributed by atoms with van der Waals surface area (Å²) in [5, 5.41) is 7.47. The lowest BCUT2D eigenvalue weighted by Crippen LogP contribution is -2.42. The molecule has 6 nitrogen and oxygen atoms in total. The van der Waals surface area contributed by atoms with E-state index in [2.05, 4.69) is 28.5 Å². The van der Waals surface area contributed by atoms with E-state index in [-0.39, 0.29) is 6.04 Å². The van der Waals surface area contributed by atoms with E-state index in [1.165, 1.54) is 5.56 Å². The van der Waals surface area contributed by atoms with Gasteiger partial charge in [0.25, 0.3) is 0 Å². The monoisotopic (exact) mass is 396 g/mol. The Morgan fingerprint density at radius 3 is 2.81 bits per heavy atom. The van der Waals surface area contributed by atoms with Crippen molar-refractivity contribution >= 4 is 17.6 Å². The topological polar surface area (TPSA) is 58.1 Å². The normalized spacial score (nSPS) is 16.9. The number of guanidine groups is 1. The SMILES string of the molecule is CCNC(=NCC(c1cccc(Cl)c1)N1CCOCC1)NCCCOCC. The van der Waals surface area contributed by atoms with Gasteiger partial charge in [-0.15, -0.1) is 0 Å². The van der Waals surface area contributed by atoms with Gasteiger partial charge in [-0.2, -0.15) is 0 Å². The van der Waals surface area contributed by atoms with Gasteiger partial charge in [0.2, 0.25) is 0 Å². The van der Waals surface area contributed by atoms with E-state index >= 15 is 0 Å². The minimum atomic E-state index is 0.187. The third-order valence-corrected chi connectivity index (χ3v) is 4.68. The molecule has 0 radical (unpaired) electrons. The molecule has 1 heterocycles. The second kappa shape index (κ2) is 12.9. The molecule has 152 valence electrons. The van der Waals surface area contributed by atoms with E-state index in [1.807, 2.05) is 25.1 Å². The van der Waals surface area contributed by atoms with Crippen LogP contribution in [0, 0.1) is 0 Å². The predicted octanol–water partition coefficient (Wildman–Crippen LogP) is 2.70. The highest BCUT2D eigenvalue weighted by molar-refractivity contribution is 6.30. The predicted molar refractivity (Wildman–Crippen MR) is 112 cm³/mol. The van der Waals surface area contributed by atoms with Crippen LogP contribution in [0.1, 0.15) is 31.9 Å². The van der Waals surface area contributed by atoms with Gasteiger partial charge in [0.05, 0.1) is 25.8 Å². The molecule has 27 heavy (non-hydrogen) atoms. The van der Waals surface area contributed by atoms with Crippen LogP contribution in [0.15, 0.2) is 29.3 Å². The molecule has 1 aromatic carbocycles. The maximum atomic E-state index is 6.23. The van der Waals surface area contributed by atoms with Crippen molar-refractivity contribution in [1.82, 2.24) is 15.5 Å². The van der Waals surface area contributed by atoms with Gasteiger partial charge in [0, 0.05) is 44.4 Å². The van der Waals surface area contributed by atoms with Crippen LogP contribution < -0.4 is 10.6 Å². The summed E-state index contributed by atoms with van der Waals surface area (Å²) in [5.41, 5.74) is 1.19. The highest BCUT2D eigenvalue weighted by Gasteiger charge is 2.22. The summed E-state index contributed by atoms with van der Waals surface area (Å²) in [4.78, 5) is 7.27. The lowest BCUT2D eigenvalue weighted by atomic mass is 10.0. The highest BCUT2D eigenvalue weighted by Crippen LogP contribution is 2.24. The summed E-state index contributed by atoms with van der Waals surface area (Å²) in [5.74, 6) is 0.842. The fraction of sp³-hybridized carbons (Fsp3) is 0.650. The third-order valence-electron chi connectivity index (χ3n) is 4.45. The Bertz CT molecular complexity index is 565. The molecule has 1 saturated heterocycles. The van der Waals surface area contributed by atoms with Gasteiger partial charge in [0.1, 0.15) is 0 Å². The Labute approximate surface area is 168 Å². The molecule has 0 spiro atoms. The quantitative estimate of drug-likeness (QED) is 0.362. The van der Waals surface area contributed by atoms with Crippen molar-refractivity contribution in [3.63, 3.8) is 0 Å². The molecule has 1 unspecified atom stereocenters. The maximum absolute atomic E-state index is 6.23. The number of benzene rings is 1. The standard InChI is InChI=1S/C20H33ClN4O2/c1-3-22-20(23-9-6-12-26-4-2)24-16-19(25-10-13-27-14-11-25)17-7-5-8-18(21)15-17/h5,7-8,15,19H,3-4,6,9-14,16H2,1-2H3,(H2,22,23,24). The third kappa shape index (κ3) is 8.05. The van der Waals surface area contributed by atoms with Gasteiger partial charge in [-0.25, -0.2) is 0 Å². The van der Waals surface area contributed by atoms with Gasteiger partial charge in [-0.3, -0.25) is 9.89 Å². The Hall–Kier alpha value is -1.34. The molecule has 1 fully saturated rings. The lowest BCUT2D eigenvalue weighted by molar-refractivity contribution is 0.0180. The summed E-state index contributed by atoms with van der Waals surface area (Å²) in [6.07, 6.45) is 0.958. The fourth-order valence-corrected chi connectivity index (χ4v) is 3.28. The van der Waals surface area contributed by atoms with Crippen LogP contribution in [0.25, 0.3) is 0 Å². The smallest absolute Gasteiger partial charge is 0.191 e. The largest absolute Gasteiger partial charge is 0.382 e. The zero-order chi connectivity index (χ0) is 19.3. The van der Waals surface area contributed by atoms with Crippen LogP contribution in [-0.4, -0.2) is 70.0 Å². The highest BCUT2D eigenvalue weighted by atomic mass is 35.5. The number of nitrogens with zero attached hydrogens (tertiary/aromatic N) is 2. The van der Waals surface area contributed by atoms with Gasteiger partial charge >= 0.3 is 0 Å². The number of hydrogen-bond donors (Lipinski definition) is 2. The Morgan fingerprint density at radius 1 is 1.30 bits per heavy atom. The summed E-state index contributed by atoms with van der Waals surface area (Å²) >= 11 is 6.23. The van der Waals surface area contributed by atoms with Crippen molar-refractivity contribution in [3.05, 3.63) is 34.9 Å². The number of morpholine rings is 1. The number of nitrogens with one attached hydrogen (secondary N) is 2. The van der Waals surface area contributed by atoms with Gasteiger partial charge < -0.3 is 20.1 Å². The number of hydrogen-bond acceptors (Lipinski definition) is 4. The maximum Gasteiger partial charge on any atom is 0.191 e. The van der Waals surface area contributed by atoms with Crippen LogP contribution in [0.2, 0.25) is 5.02 Å². The summed E-state index contributed by atoms with van der Waals surface area (Å²) in [6, 6.07) is 8.27. The van der Waals surface area contributed by atoms with Crippen molar-refractivity contribution in [2.75, 3.05) is 59.2 Å². The van der Waals surface area contributed by atoms with E-state index in [0.29, 0.717) is 6.54 Å². The molecule has 0 aromatic heterocycles. The van der Waals surface area contributed by atoms with E-state index in [1.54, 1.807) is 0 Å². The van der Waals surface area contributed by atoms with Crippen LogP contribution in [-0.2, 0) is 9.47 Å². The zero-order valence-corrected chi connectivity index (χ0v) is 17.3. The van der Waals surface area contributed by atoms with Crippen LogP contribution in [0.3, 0.4) is 0 Å². The Balaban J connectivity index is 2.03. The Kier molecular flexibility index (Phi) is 10.5. The number of halogens is 1. The number of rotatable bonds is 10. The molecule has 1 aliphatic heterocycles. The summed E-state index contributed by atoms with van der Waals surface area (Å²) in [7, 11) is 0. The minimum absolute atomic E-state index is 0.187. The zero-order valence-electron chi connectivity index (χ0n) is 16.5. The molecule has 0 aliphatic carbocycles. The van der Waals surface area contributed by atoms with E-state index in [4.69, 9.17) is 26.1 Å². The molecule has 1 aromatic rings. The molecule has 2 N–H and O–H groups in total. The van der Waals surface area contributed by atoms with Crippen molar-refractivity contribution < 1.29 is 9.47 Å². The summed E-state index contributed by atoms with van der Waals surface area (Å²) < 4.78 is 10.9. The van der Waals surface area contributed by atoms with Crippen LogP contribution in [0.5, 0.6) is 0 Å². The van der Waals surface area contributed by atoms with Gasteiger partial charge in [-0.05, 0) is 38.0 Å². The van der Waals surface area contributed by atoms with E-state index in [0.717, 1.165) is 70.0 Å². The van der Waals surface area contributed by atoms with Crippen molar-refractivity contribution in [2.45, 2.75) is 26.3 Å². The van der Waals surface area contributed by atoms with Crippen LogP contribution >= 0.6 is 11.6 Å². The van der Waals surface area contributed by atoms with Gasteiger partial charge in [-0.1, -0.05) is 23.7 Å². The Morgan fingerprint density at radius 2 is 2.11 bits per heavy atom. The van der Waals surface area contributed by atoms with E-state index in [9.17, 15) is 0 Å². The van der Waals surface area contributed by atoms with E-state index < -0.39 is 0 Å². The lowest BCUT2D eigenvalue weighted by Gasteiger charge is -2.34. The van der Waals surface area contributed by atoms with Crippen molar-refractivity contribution in [2.24, 2.45) is 4.99 Å². The average molecular weight is 397 g/mol. The van der Waals surface area contributed by atoms with Crippen molar-refractivity contribution in [1.29, 1.82) is 0 Å². The molecule has 0 amide bonds.